The van der Waals surface area contributed by atoms with Gasteiger partial charge in [-0.25, -0.2) is 0 Å². The minimum absolute atomic E-state index is 0.00642. The summed E-state index contributed by atoms with van der Waals surface area (Å²) < 4.78 is 16.1. The number of nitrogens with one attached hydrogen (secondary N) is 1. The summed E-state index contributed by atoms with van der Waals surface area (Å²) in [5, 5.41) is 3.01. The highest BCUT2D eigenvalue weighted by atomic mass is 16.5. The second-order valence-corrected chi connectivity index (χ2v) is 8.01. The molecule has 1 heterocycles. The quantitative estimate of drug-likeness (QED) is 0.648. The number of benzene rings is 2. The Labute approximate surface area is 189 Å². The summed E-state index contributed by atoms with van der Waals surface area (Å²) in [4.78, 5) is 26.7. The Morgan fingerprint density at radius 1 is 1.00 bits per heavy atom. The standard InChI is InChI=1S/C25H32N2O5/c1-18-4-8-21(9-5-18)32-17-24(28)26-20-12-14-27(15-13-20)25(29)11-7-19-6-10-22(30-2)23(16-19)31-3/h4-6,8-10,16,20H,7,11-15,17H2,1-3H3,(H,26,28). The van der Waals surface area contributed by atoms with E-state index in [9.17, 15) is 9.59 Å². The first kappa shape index (κ1) is 23.4. The summed E-state index contributed by atoms with van der Waals surface area (Å²) in [6, 6.07) is 13.4. The van der Waals surface area contributed by atoms with E-state index in [1.165, 1.54) is 0 Å². The lowest BCUT2D eigenvalue weighted by atomic mass is 10.0. The number of hydrogen-bond acceptors (Lipinski definition) is 5. The maximum absolute atomic E-state index is 12.6. The molecule has 2 aromatic carbocycles. The van der Waals surface area contributed by atoms with Crippen molar-refractivity contribution in [2.24, 2.45) is 0 Å². The average Bonchev–Trinajstić information content (AvgIpc) is 2.82. The maximum atomic E-state index is 12.6. The minimum Gasteiger partial charge on any atom is -0.493 e. The van der Waals surface area contributed by atoms with Crippen LogP contribution >= 0.6 is 0 Å². The van der Waals surface area contributed by atoms with E-state index in [4.69, 9.17) is 14.2 Å². The van der Waals surface area contributed by atoms with Crippen molar-refractivity contribution in [3.63, 3.8) is 0 Å². The number of likely N-dealkylation sites (tertiary alicyclic amines) is 1. The number of carbonyl (C=O) groups excluding carboxylic acids is 2. The van der Waals surface area contributed by atoms with Crippen LogP contribution in [0.1, 0.15) is 30.4 Å². The van der Waals surface area contributed by atoms with Crippen molar-refractivity contribution in [3.05, 3.63) is 53.6 Å². The first-order valence-corrected chi connectivity index (χ1v) is 11.0. The van der Waals surface area contributed by atoms with Gasteiger partial charge in [0.25, 0.3) is 5.91 Å². The Balaban J connectivity index is 1.37. The van der Waals surface area contributed by atoms with Gasteiger partial charge >= 0.3 is 0 Å². The van der Waals surface area contributed by atoms with E-state index in [2.05, 4.69) is 5.32 Å². The highest BCUT2D eigenvalue weighted by Gasteiger charge is 2.23. The van der Waals surface area contributed by atoms with Crippen molar-refractivity contribution in [1.82, 2.24) is 10.2 Å². The van der Waals surface area contributed by atoms with Gasteiger partial charge in [-0.1, -0.05) is 23.8 Å². The van der Waals surface area contributed by atoms with E-state index in [0.29, 0.717) is 43.2 Å². The SMILES string of the molecule is COc1ccc(CCC(=O)N2CCC(NC(=O)COc3ccc(C)cc3)CC2)cc1OC. The van der Waals surface area contributed by atoms with Crippen LogP contribution in [0.5, 0.6) is 17.2 Å². The molecular weight excluding hydrogens is 408 g/mol. The molecule has 0 radical (unpaired) electrons. The molecule has 0 saturated carbocycles. The van der Waals surface area contributed by atoms with Gasteiger partial charge in [0.1, 0.15) is 5.75 Å². The molecule has 1 fully saturated rings. The average molecular weight is 441 g/mol. The molecule has 2 aromatic rings. The molecule has 1 aliphatic rings. The highest BCUT2D eigenvalue weighted by Crippen LogP contribution is 2.28. The molecule has 32 heavy (non-hydrogen) atoms. The van der Waals surface area contributed by atoms with Gasteiger partial charge in [0.05, 0.1) is 14.2 Å². The van der Waals surface area contributed by atoms with Gasteiger partial charge in [0.2, 0.25) is 5.91 Å². The van der Waals surface area contributed by atoms with Crippen LogP contribution in [0.2, 0.25) is 0 Å². The molecule has 7 nitrogen and oxygen atoms in total. The van der Waals surface area contributed by atoms with Crippen molar-refractivity contribution < 1.29 is 23.8 Å². The summed E-state index contributed by atoms with van der Waals surface area (Å²) in [6.07, 6.45) is 2.58. The van der Waals surface area contributed by atoms with Gasteiger partial charge in [-0.3, -0.25) is 9.59 Å². The molecule has 0 bridgehead atoms. The molecule has 3 rings (SSSR count). The van der Waals surface area contributed by atoms with Gasteiger partial charge in [0, 0.05) is 25.6 Å². The zero-order chi connectivity index (χ0) is 22.9. The number of aryl methyl sites for hydroxylation is 2. The van der Waals surface area contributed by atoms with Gasteiger partial charge in [0.15, 0.2) is 18.1 Å². The van der Waals surface area contributed by atoms with E-state index >= 15 is 0 Å². The second-order valence-electron chi connectivity index (χ2n) is 8.01. The van der Waals surface area contributed by atoms with Gasteiger partial charge < -0.3 is 24.4 Å². The molecule has 0 aromatic heterocycles. The van der Waals surface area contributed by atoms with Crippen molar-refractivity contribution >= 4 is 11.8 Å². The van der Waals surface area contributed by atoms with E-state index in [-0.39, 0.29) is 24.5 Å². The molecule has 7 heteroatoms. The number of piperidine rings is 1. The summed E-state index contributed by atoms with van der Waals surface area (Å²) in [5.74, 6) is 2.02. The van der Waals surface area contributed by atoms with Crippen LogP contribution in [0.4, 0.5) is 0 Å². The van der Waals surface area contributed by atoms with Crippen LogP contribution in [0.25, 0.3) is 0 Å². The lowest BCUT2D eigenvalue weighted by Gasteiger charge is -2.32. The Kier molecular flexibility index (Phi) is 8.36. The zero-order valence-electron chi connectivity index (χ0n) is 19.1. The third-order valence-corrected chi connectivity index (χ3v) is 5.68. The number of carbonyl (C=O) groups is 2. The number of amides is 2. The third kappa shape index (κ3) is 6.64. The Bertz CT molecular complexity index is 905. The van der Waals surface area contributed by atoms with Crippen molar-refractivity contribution in [1.29, 1.82) is 0 Å². The predicted molar refractivity (Wildman–Crippen MR) is 122 cm³/mol. The largest absolute Gasteiger partial charge is 0.493 e. The predicted octanol–water partition coefficient (Wildman–Crippen LogP) is 3.13. The molecule has 1 aliphatic heterocycles. The molecule has 1 N–H and O–H groups in total. The minimum atomic E-state index is -0.135. The van der Waals surface area contributed by atoms with Crippen molar-refractivity contribution in [2.45, 2.75) is 38.6 Å². The number of hydrogen-bond donors (Lipinski definition) is 1. The lowest BCUT2D eigenvalue weighted by molar-refractivity contribution is -0.132. The van der Waals surface area contributed by atoms with Crippen LogP contribution < -0.4 is 19.5 Å². The highest BCUT2D eigenvalue weighted by molar-refractivity contribution is 5.78. The smallest absolute Gasteiger partial charge is 0.258 e. The molecule has 0 unspecified atom stereocenters. The summed E-state index contributed by atoms with van der Waals surface area (Å²) in [5.41, 5.74) is 2.18. The van der Waals surface area contributed by atoms with Crippen molar-refractivity contribution in [3.8, 4) is 17.2 Å². The van der Waals surface area contributed by atoms with E-state index in [1.54, 1.807) is 14.2 Å². The van der Waals surface area contributed by atoms with E-state index < -0.39 is 0 Å². The second kappa shape index (κ2) is 11.4. The fourth-order valence-electron chi connectivity index (χ4n) is 3.77. The molecule has 2 amide bonds. The molecule has 0 spiro atoms. The van der Waals surface area contributed by atoms with Crippen LogP contribution in [0.3, 0.4) is 0 Å². The van der Waals surface area contributed by atoms with Gasteiger partial charge in [-0.05, 0) is 56.0 Å². The maximum Gasteiger partial charge on any atom is 0.258 e. The van der Waals surface area contributed by atoms with Crippen molar-refractivity contribution in [2.75, 3.05) is 33.9 Å². The molecular formula is C25H32N2O5. The Morgan fingerprint density at radius 3 is 2.34 bits per heavy atom. The van der Waals surface area contributed by atoms with Crippen LogP contribution in [-0.2, 0) is 16.0 Å². The van der Waals surface area contributed by atoms with Crippen LogP contribution in [0, 0.1) is 6.92 Å². The van der Waals surface area contributed by atoms with Crippen LogP contribution in [-0.4, -0.2) is 56.7 Å². The molecule has 0 atom stereocenters. The number of rotatable bonds is 9. The molecule has 172 valence electrons. The molecule has 1 saturated heterocycles. The summed E-state index contributed by atoms with van der Waals surface area (Å²) in [7, 11) is 3.20. The Morgan fingerprint density at radius 2 is 1.69 bits per heavy atom. The first-order chi connectivity index (χ1) is 15.5. The summed E-state index contributed by atoms with van der Waals surface area (Å²) >= 11 is 0. The first-order valence-electron chi connectivity index (χ1n) is 11.0. The Hall–Kier alpha value is -3.22. The van der Waals surface area contributed by atoms with E-state index in [1.807, 2.05) is 54.3 Å². The van der Waals surface area contributed by atoms with E-state index in [0.717, 1.165) is 24.0 Å². The van der Waals surface area contributed by atoms with Gasteiger partial charge in [-0.15, -0.1) is 0 Å². The number of nitrogens with zero attached hydrogens (tertiary/aromatic N) is 1. The fourth-order valence-corrected chi connectivity index (χ4v) is 3.77. The van der Waals surface area contributed by atoms with Gasteiger partial charge in [-0.2, -0.15) is 0 Å². The monoisotopic (exact) mass is 440 g/mol. The number of methoxy groups -OCH3 is 2. The fraction of sp³-hybridized carbons (Fsp3) is 0.440. The number of ether oxygens (including phenoxy) is 3. The topological polar surface area (TPSA) is 77.1 Å². The van der Waals surface area contributed by atoms with Crippen LogP contribution in [0.15, 0.2) is 42.5 Å². The lowest BCUT2D eigenvalue weighted by Crippen LogP contribution is -2.47. The third-order valence-electron chi connectivity index (χ3n) is 5.68. The zero-order valence-corrected chi connectivity index (χ0v) is 19.1. The molecule has 0 aliphatic carbocycles. The summed E-state index contributed by atoms with van der Waals surface area (Å²) in [6.45, 7) is 3.29. The normalized spacial score (nSPS) is 14.0.